The molecule has 0 aromatic carbocycles. The zero-order valence-corrected chi connectivity index (χ0v) is 17.2. The third-order valence-electron chi connectivity index (χ3n) is 3.25. The molecule has 0 aliphatic rings. The second kappa shape index (κ2) is 29.2. The highest BCUT2D eigenvalue weighted by Crippen LogP contribution is 1.97. The molecule has 0 saturated heterocycles. The van der Waals surface area contributed by atoms with Crippen molar-refractivity contribution in [1.82, 2.24) is 15.1 Å². The summed E-state index contributed by atoms with van der Waals surface area (Å²) in [6, 6.07) is 0. The van der Waals surface area contributed by atoms with E-state index in [4.69, 9.17) is 20.7 Å². The van der Waals surface area contributed by atoms with Gasteiger partial charge in [0, 0.05) is 9.82 Å². The number of amides is 1. The van der Waals surface area contributed by atoms with E-state index in [1.54, 1.807) is 0 Å². The number of nitrogens with zero attached hydrogens (tertiary/aromatic N) is 8. The van der Waals surface area contributed by atoms with Crippen molar-refractivity contribution in [2.24, 2.45) is 10.2 Å². The number of nitrogens with one attached hydrogen (secondary N) is 1. The van der Waals surface area contributed by atoms with Crippen LogP contribution in [0.25, 0.3) is 20.9 Å². The Morgan fingerprint density at radius 3 is 1.75 bits per heavy atom. The minimum absolute atomic E-state index is 0.250. The number of carbonyl (C=O) groups is 1. The molecule has 0 radical (unpaired) electrons. The van der Waals surface area contributed by atoms with Gasteiger partial charge in [0.05, 0.1) is 20.0 Å². The van der Waals surface area contributed by atoms with Crippen molar-refractivity contribution in [3.8, 4) is 0 Å². The molecule has 0 aliphatic heterocycles. The maximum Gasteiger partial charge on any atom is 0.373 e. The van der Waals surface area contributed by atoms with E-state index in [9.17, 15) is 4.79 Å². The van der Waals surface area contributed by atoms with Crippen LogP contribution in [0.2, 0.25) is 0 Å². The number of unbranched alkanes of at least 4 members (excludes halogenated alkanes) is 2. The Morgan fingerprint density at radius 1 is 0.893 bits per heavy atom. The van der Waals surface area contributed by atoms with E-state index in [0.29, 0.717) is 26.4 Å². The molecule has 0 spiro atoms. The van der Waals surface area contributed by atoms with Crippen LogP contribution < -0.4 is 5.32 Å². The summed E-state index contributed by atoms with van der Waals surface area (Å²) < 4.78 is 0. The predicted molar refractivity (Wildman–Crippen MR) is 105 cm³/mol. The maximum atomic E-state index is 10.0. The molecule has 0 fully saturated rings. The van der Waals surface area contributed by atoms with E-state index in [2.05, 4.69) is 51.0 Å². The molecule has 12 nitrogen and oxygen atoms in total. The van der Waals surface area contributed by atoms with E-state index in [1.807, 2.05) is 4.90 Å². The average molecular weight is 400 g/mol. The molecule has 12 heteroatoms. The summed E-state index contributed by atoms with van der Waals surface area (Å²) in [6.45, 7) is 10.5. The number of rotatable bonds is 15. The van der Waals surface area contributed by atoms with Crippen LogP contribution in [0.4, 0.5) is 0 Å². The highest BCUT2D eigenvalue weighted by Gasteiger charge is 2.00. The first-order valence-electron chi connectivity index (χ1n) is 9.24. The first kappa shape index (κ1) is 30.1. The zero-order chi connectivity index (χ0) is 21.9. The Balaban J connectivity index is -0.000000392. The normalized spacial score (nSPS) is 8.89. The van der Waals surface area contributed by atoms with Crippen LogP contribution in [0.3, 0.4) is 0 Å². The minimum Gasteiger partial charge on any atom is -0.346 e. The topological polar surface area (TPSA) is 167 Å². The van der Waals surface area contributed by atoms with Gasteiger partial charge in [0.15, 0.2) is 0 Å². The quantitative estimate of drug-likeness (QED) is 0.146. The van der Waals surface area contributed by atoms with E-state index < -0.39 is 0 Å². The predicted octanol–water partition coefficient (Wildman–Crippen LogP) is 3.24. The molecular formula is C16H33N9O3. The summed E-state index contributed by atoms with van der Waals surface area (Å²) in [6.07, 6.45) is 6.48. The smallest absolute Gasteiger partial charge is 0.346 e. The molecule has 1 N–H and O–H groups in total. The average Bonchev–Trinajstić information content (AvgIpc) is 2.70. The van der Waals surface area contributed by atoms with Crippen LogP contribution in [0.1, 0.15) is 52.9 Å². The molecular weight excluding hydrogens is 366 g/mol. The Hall–Kier alpha value is -2.61. The molecule has 0 saturated carbocycles. The third-order valence-corrected chi connectivity index (χ3v) is 3.25. The minimum atomic E-state index is 0.250. The Bertz CT molecular complexity index is 472. The Kier molecular flexibility index (Phi) is 31.4. The fourth-order valence-corrected chi connectivity index (χ4v) is 1.93. The lowest BCUT2D eigenvalue weighted by Gasteiger charge is -2.18. The molecule has 1 amide bonds. The first-order chi connectivity index (χ1) is 13.6. The van der Waals surface area contributed by atoms with Gasteiger partial charge in [0.25, 0.3) is 0 Å². The van der Waals surface area contributed by atoms with Crippen LogP contribution in [-0.2, 0) is 14.4 Å². The standard InChI is InChI=1S/C8H18N4.C7H15N5O.CO2/c1-3-5-7-12(6-4-2)8-10-11-9;1-2-3-4-12(5-9-7-13)6-10-11-8;2-1-3/h3-8H2,1-2H3;7H,2-6H2,1H3,(H,9,13);. The highest BCUT2D eigenvalue weighted by atomic mass is 16.2. The maximum absolute atomic E-state index is 10.0. The van der Waals surface area contributed by atoms with Gasteiger partial charge in [-0.25, -0.2) is 0 Å². The molecule has 28 heavy (non-hydrogen) atoms. The van der Waals surface area contributed by atoms with Gasteiger partial charge >= 0.3 is 6.15 Å². The van der Waals surface area contributed by atoms with Gasteiger partial charge in [0.1, 0.15) is 0 Å². The fourth-order valence-electron chi connectivity index (χ4n) is 1.93. The number of hydrogen-bond donors (Lipinski definition) is 1. The number of azide groups is 2. The van der Waals surface area contributed by atoms with Crippen molar-refractivity contribution in [1.29, 1.82) is 0 Å². The van der Waals surface area contributed by atoms with Gasteiger partial charge < -0.3 is 5.32 Å². The van der Waals surface area contributed by atoms with Gasteiger partial charge in [-0.05, 0) is 50.0 Å². The Labute approximate surface area is 166 Å². The van der Waals surface area contributed by atoms with Crippen LogP contribution in [0, 0.1) is 0 Å². The first-order valence-corrected chi connectivity index (χ1v) is 9.24. The summed E-state index contributed by atoms with van der Waals surface area (Å²) in [7, 11) is 0. The fraction of sp³-hybridized carbons (Fsp3) is 0.875. The van der Waals surface area contributed by atoms with E-state index in [-0.39, 0.29) is 6.15 Å². The molecule has 0 unspecified atom stereocenters. The summed E-state index contributed by atoms with van der Waals surface area (Å²) in [5.74, 6) is 0. The molecule has 0 heterocycles. The lowest BCUT2D eigenvalue weighted by Crippen LogP contribution is -2.34. The van der Waals surface area contributed by atoms with Crippen molar-refractivity contribution < 1.29 is 14.4 Å². The lowest BCUT2D eigenvalue weighted by atomic mass is 10.3. The molecule has 0 aliphatic carbocycles. The molecule has 0 atom stereocenters. The second-order valence-electron chi connectivity index (χ2n) is 5.53. The van der Waals surface area contributed by atoms with Crippen LogP contribution in [-0.4, -0.2) is 62.0 Å². The zero-order valence-electron chi connectivity index (χ0n) is 17.2. The number of hydrogen-bond acceptors (Lipinski definition) is 7. The van der Waals surface area contributed by atoms with E-state index in [1.165, 1.54) is 12.8 Å². The highest BCUT2D eigenvalue weighted by molar-refractivity contribution is 5.45. The SMILES string of the molecule is CCCCN(CCC)CN=[N+]=[N-].CCCCN(CN=[N+]=[N-])CNC=O.O=C=O. The number of carbonyl (C=O) groups excluding carboxylic acids is 3. The van der Waals surface area contributed by atoms with Crippen molar-refractivity contribution >= 4 is 12.6 Å². The molecule has 0 aromatic rings. The largest absolute Gasteiger partial charge is 0.373 e. The summed E-state index contributed by atoms with van der Waals surface area (Å²) in [5, 5.41) is 9.51. The summed E-state index contributed by atoms with van der Waals surface area (Å²) >= 11 is 0. The van der Waals surface area contributed by atoms with Crippen LogP contribution in [0.15, 0.2) is 10.2 Å². The molecule has 0 bridgehead atoms. The molecule has 0 aromatic heterocycles. The molecule has 0 rings (SSSR count). The third kappa shape index (κ3) is 28.2. The van der Waals surface area contributed by atoms with E-state index >= 15 is 0 Å². The molecule has 160 valence electrons. The van der Waals surface area contributed by atoms with Crippen molar-refractivity contribution in [2.75, 3.05) is 39.6 Å². The van der Waals surface area contributed by atoms with Gasteiger partial charge in [0.2, 0.25) is 6.41 Å². The van der Waals surface area contributed by atoms with Crippen molar-refractivity contribution in [3.05, 3.63) is 20.9 Å². The van der Waals surface area contributed by atoms with Gasteiger partial charge in [-0.1, -0.05) is 43.8 Å². The van der Waals surface area contributed by atoms with Gasteiger partial charge in [-0.15, -0.1) is 0 Å². The van der Waals surface area contributed by atoms with Crippen molar-refractivity contribution in [3.63, 3.8) is 0 Å². The Morgan fingerprint density at radius 2 is 1.36 bits per heavy atom. The van der Waals surface area contributed by atoms with E-state index in [0.717, 1.165) is 38.9 Å². The van der Waals surface area contributed by atoms with Crippen LogP contribution in [0.5, 0.6) is 0 Å². The van der Waals surface area contributed by atoms with Gasteiger partial charge in [-0.3, -0.25) is 14.6 Å². The van der Waals surface area contributed by atoms with Crippen molar-refractivity contribution in [2.45, 2.75) is 52.9 Å². The summed E-state index contributed by atoms with van der Waals surface area (Å²) in [4.78, 5) is 35.7. The lowest BCUT2D eigenvalue weighted by molar-refractivity contribution is -0.191. The summed E-state index contributed by atoms with van der Waals surface area (Å²) in [5.41, 5.74) is 16.2. The van der Waals surface area contributed by atoms with Crippen LogP contribution >= 0.6 is 0 Å². The monoisotopic (exact) mass is 399 g/mol. The second-order valence-corrected chi connectivity index (χ2v) is 5.53. The van der Waals surface area contributed by atoms with Gasteiger partial charge in [-0.2, -0.15) is 9.59 Å².